The quantitative estimate of drug-likeness (QED) is 0.180. The molecular weight excluding hydrogens is 491 g/mol. The molecular formula is C28H35N2O4PS. The summed E-state index contributed by atoms with van der Waals surface area (Å²) in [6, 6.07) is 15.2. The lowest BCUT2D eigenvalue weighted by Gasteiger charge is -2.37. The summed E-state index contributed by atoms with van der Waals surface area (Å²) in [6.45, 7) is 10.9. The summed E-state index contributed by atoms with van der Waals surface area (Å²) in [6.07, 6.45) is 1.10. The van der Waals surface area contributed by atoms with E-state index in [0.29, 0.717) is 41.0 Å². The topological polar surface area (TPSA) is 79.6 Å². The van der Waals surface area contributed by atoms with E-state index in [1.54, 1.807) is 42.1 Å². The van der Waals surface area contributed by atoms with E-state index in [4.69, 9.17) is 14.3 Å². The molecule has 0 saturated heterocycles. The molecule has 0 bridgehead atoms. The minimum Gasteiger partial charge on any atom is -0.321 e. The van der Waals surface area contributed by atoms with Crippen LogP contribution in [0.25, 0.3) is 0 Å². The van der Waals surface area contributed by atoms with Crippen LogP contribution >= 0.6 is 20.3 Å². The third kappa shape index (κ3) is 6.62. The zero-order valence-electron chi connectivity index (χ0n) is 21.7. The second-order valence-electron chi connectivity index (χ2n) is 9.24. The van der Waals surface area contributed by atoms with Gasteiger partial charge >= 0.3 is 0 Å². The van der Waals surface area contributed by atoms with E-state index >= 15 is 0 Å². The molecule has 2 aromatic carbocycles. The van der Waals surface area contributed by atoms with Crippen molar-refractivity contribution in [2.24, 2.45) is 0 Å². The van der Waals surface area contributed by atoms with Crippen LogP contribution in [0, 0.1) is 11.3 Å². The Morgan fingerprint density at radius 2 is 1.61 bits per heavy atom. The van der Waals surface area contributed by atoms with Gasteiger partial charge in [-0.05, 0) is 39.7 Å². The van der Waals surface area contributed by atoms with Gasteiger partial charge in [-0.15, -0.1) is 0 Å². The SMILES string of the molecule is CC[C@H](CSCc1cccc2c1C(=O)c1ccccc1C2=O)OP(OCCC#N)N(C(C)C)C(C)C. The van der Waals surface area contributed by atoms with Crippen molar-refractivity contribution >= 4 is 31.9 Å². The normalized spacial score (nSPS) is 14.6. The summed E-state index contributed by atoms with van der Waals surface area (Å²) in [5.74, 6) is 1.15. The van der Waals surface area contributed by atoms with Crippen LogP contribution in [0.15, 0.2) is 42.5 Å². The Morgan fingerprint density at radius 1 is 0.972 bits per heavy atom. The molecule has 0 amide bonds. The van der Waals surface area contributed by atoms with Gasteiger partial charge in [-0.1, -0.05) is 49.4 Å². The molecule has 0 saturated carbocycles. The maximum absolute atomic E-state index is 13.3. The van der Waals surface area contributed by atoms with E-state index in [1.807, 2.05) is 12.1 Å². The standard InChI is InChI=1S/C28H35N2O4PS/c1-6-22(34-35(33-16-10-15-29)30(19(2)3)20(4)5)18-36-17-21-11-9-14-25-26(21)28(32)24-13-8-7-12-23(24)27(25)31/h7-9,11-14,19-20,22H,6,10,16-18H2,1-5H3/t22-,35?/m1/s1. The van der Waals surface area contributed by atoms with E-state index in [1.165, 1.54) is 0 Å². The van der Waals surface area contributed by atoms with E-state index in [-0.39, 0.29) is 29.8 Å². The zero-order chi connectivity index (χ0) is 26.2. The molecule has 1 unspecified atom stereocenters. The largest absolute Gasteiger partial charge is 0.321 e. The first-order valence-corrected chi connectivity index (χ1v) is 14.7. The van der Waals surface area contributed by atoms with Crippen LogP contribution in [0.1, 0.15) is 84.9 Å². The molecule has 0 aliphatic heterocycles. The first-order chi connectivity index (χ1) is 17.3. The van der Waals surface area contributed by atoms with Crippen molar-refractivity contribution in [1.29, 1.82) is 5.26 Å². The number of benzene rings is 2. The number of nitrogens with zero attached hydrogens (tertiary/aromatic N) is 2. The minimum absolute atomic E-state index is 0.0409. The number of carbonyl (C=O) groups excluding carboxylic acids is 2. The maximum Gasteiger partial charge on any atom is 0.259 e. The molecule has 2 aromatic rings. The molecule has 192 valence electrons. The second-order valence-corrected chi connectivity index (χ2v) is 11.7. The molecule has 2 atom stereocenters. The van der Waals surface area contributed by atoms with E-state index in [2.05, 4.69) is 45.4 Å². The number of rotatable bonds is 13. The van der Waals surface area contributed by atoms with Crippen LogP contribution in [0.3, 0.4) is 0 Å². The fourth-order valence-electron chi connectivity index (χ4n) is 4.28. The summed E-state index contributed by atoms with van der Waals surface area (Å²) in [7, 11) is -1.31. The monoisotopic (exact) mass is 526 g/mol. The van der Waals surface area contributed by atoms with Crippen molar-refractivity contribution in [3.8, 4) is 6.07 Å². The van der Waals surface area contributed by atoms with Crippen molar-refractivity contribution in [2.45, 2.75) is 71.4 Å². The zero-order valence-corrected chi connectivity index (χ0v) is 23.4. The van der Waals surface area contributed by atoms with Gasteiger partial charge in [-0.25, -0.2) is 4.67 Å². The van der Waals surface area contributed by atoms with Crippen LogP contribution in [-0.4, -0.2) is 46.8 Å². The number of nitriles is 1. The van der Waals surface area contributed by atoms with Gasteiger partial charge in [0.05, 0.1) is 25.2 Å². The van der Waals surface area contributed by atoms with Gasteiger partial charge in [0, 0.05) is 45.8 Å². The van der Waals surface area contributed by atoms with Gasteiger partial charge in [-0.3, -0.25) is 9.59 Å². The molecule has 0 radical (unpaired) electrons. The van der Waals surface area contributed by atoms with Gasteiger partial charge in [-0.2, -0.15) is 17.0 Å². The second kappa shape index (κ2) is 13.5. The van der Waals surface area contributed by atoms with Crippen LogP contribution in [0.2, 0.25) is 0 Å². The van der Waals surface area contributed by atoms with E-state index < -0.39 is 8.53 Å². The average molecular weight is 527 g/mol. The number of carbonyl (C=O) groups is 2. The number of hydrogen-bond donors (Lipinski definition) is 0. The highest BCUT2D eigenvalue weighted by Gasteiger charge is 2.32. The number of thioether (sulfide) groups is 1. The van der Waals surface area contributed by atoms with Gasteiger partial charge in [0.1, 0.15) is 0 Å². The van der Waals surface area contributed by atoms with E-state index in [9.17, 15) is 9.59 Å². The predicted molar refractivity (Wildman–Crippen MR) is 146 cm³/mol. The lowest BCUT2D eigenvalue weighted by Crippen LogP contribution is -2.35. The van der Waals surface area contributed by atoms with Crippen LogP contribution in [0.5, 0.6) is 0 Å². The minimum atomic E-state index is -1.31. The summed E-state index contributed by atoms with van der Waals surface area (Å²) in [5.41, 5.74) is 2.84. The molecule has 0 spiro atoms. The third-order valence-electron chi connectivity index (χ3n) is 5.96. The number of hydrogen-bond acceptors (Lipinski definition) is 7. The van der Waals surface area contributed by atoms with Gasteiger partial charge in [0.2, 0.25) is 0 Å². The molecule has 8 heteroatoms. The highest BCUT2D eigenvalue weighted by molar-refractivity contribution is 7.98. The lowest BCUT2D eigenvalue weighted by molar-refractivity contribution is 0.0978. The average Bonchev–Trinajstić information content (AvgIpc) is 2.86. The highest BCUT2D eigenvalue weighted by atomic mass is 32.2. The fourth-order valence-corrected chi connectivity index (χ4v) is 7.31. The summed E-state index contributed by atoms with van der Waals surface area (Å²) in [4.78, 5) is 26.3. The van der Waals surface area contributed by atoms with Gasteiger partial charge in [0.15, 0.2) is 11.6 Å². The molecule has 0 N–H and O–H groups in total. The predicted octanol–water partition coefficient (Wildman–Crippen LogP) is 6.77. The van der Waals surface area contributed by atoms with Crippen LogP contribution in [-0.2, 0) is 14.8 Å². The van der Waals surface area contributed by atoms with Crippen molar-refractivity contribution in [3.63, 3.8) is 0 Å². The Balaban J connectivity index is 1.71. The van der Waals surface area contributed by atoms with Crippen molar-refractivity contribution in [3.05, 3.63) is 70.3 Å². The first kappa shape index (κ1) is 28.5. The Morgan fingerprint density at radius 3 is 2.22 bits per heavy atom. The number of ketones is 2. The molecule has 36 heavy (non-hydrogen) atoms. The first-order valence-electron chi connectivity index (χ1n) is 12.4. The molecule has 0 fully saturated rings. The molecule has 6 nitrogen and oxygen atoms in total. The molecule has 3 rings (SSSR count). The summed E-state index contributed by atoms with van der Waals surface area (Å²) >= 11 is 1.69. The third-order valence-corrected chi connectivity index (χ3v) is 9.26. The Hall–Kier alpha value is -2.07. The maximum atomic E-state index is 13.3. The van der Waals surface area contributed by atoms with Crippen molar-refractivity contribution in [1.82, 2.24) is 4.67 Å². The molecule has 1 aliphatic carbocycles. The highest BCUT2D eigenvalue weighted by Crippen LogP contribution is 2.47. The van der Waals surface area contributed by atoms with Crippen LogP contribution < -0.4 is 0 Å². The Labute approximate surface area is 220 Å². The molecule has 0 aromatic heterocycles. The van der Waals surface area contributed by atoms with Crippen molar-refractivity contribution in [2.75, 3.05) is 12.4 Å². The Kier molecular flexibility index (Phi) is 10.7. The lowest BCUT2D eigenvalue weighted by atomic mass is 9.82. The smallest absolute Gasteiger partial charge is 0.259 e. The van der Waals surface area contributed by atoms with Crippen LogP contribution in [0.4, 0.5) is 0 Å². The summed E-state index contributed by atoms with van der Waals surface area (Å²) in [5, 5.41) is 8.94. The van der Waals surface area contributed by atoms with Crippen molar-refractivity contribution < 1.29 is 18.6 Å². The number of fused-ring (bicyclic) bond motifs is 2. The fraction of sp³-hybridized carbons (Fsp3) is 0.464. The van der Waals surface area contributed by atoms with E-state index in [0.717, 1.165) is 17.7 Å². The van der Waals surface area contributed by atoms with Gasteiger partial charge in [0.25, 0.3) is 8.53 Å². The Bertz CT molecular complexity index is 1110. The summed E-state index contributed by atoms with van der Waals surface area (Å²) < 4.78 is 14.8. The molecule has 1 aliphatic rings. The molecule has 0 heterocycles. The van der Waals surface area contributed by atoms with Gasteiger partial charge < -0.3 is 9.05 Å².